The van der Waals surface area contributed by atoms with E-state index in [1.807, 2.05) is 0 Å². The molecule has 2 aromatic carbocycles. The lowest BCUT2D eigenvalue weighted by molar-refractivity contribution is 0.217. The zero-order valence-corrected chi connectivity index (χ0v) is 12.1. The van der Waals surface area contributed by atoms with Crippen LogP contribution in [0.1, 0.15) is 28.4 Å². The lowest BCUT2D eigenvalue weighted by Gasteiger charge is -2.18. The summed E-state index contributed by atoms with van der Waals surface area (Å²) in [4.78, 5) is 0. The summed E-state index contributed by atoms with van der Waals surface area (Å²) >= 11 is 3.13. The van der Waals surface area contributed by atoms with E-state index >= 15 is 0 Å². The predicted octanol–water partition coefficient (Wildman–Crippen LogP) is 4.43. The third kappa shape index (κ3) is 2.69. The maximum absolute atomic E-state index is 13.5. The van der Waals surface area contributed by atoms with Crippen molar-refractivity contribution in [3.8, 4) is 0 Å². The molecule has 0 saturated carbocycles. The molecule has 0 aliphatic rings. The van der Waals surface area contributed by atoms with Gasteiger partial charge in [-0.15, -0.1) is 0 Å². The molecule has 0 saturated heterocycles. The van der Waals surface area contributed by atoms with Crippen molar-refractivity contribution >= 4 is 15.9 Å². The standard InChI is InChI=1S/C15H13BrF2O/c1-8-6-10(17)7-9(2)13(8)15(19)11-4-3-5-12(18)14(11)16/h3-7,15,19H,1-2H3. The van der Waals surface area contributed by atoms with E-state index in [-0.39, 0.29) is 10.3 Å². The first-order valence-corrected chi connectivity index (χ1v) is 6.59. The summed E-state index contributed by atoms with van der Waals surface area (Å²) < 4.78 is 27.0. The first kappa shape index (κ1) is 14.2. The topological polar surface area (TPSA) is 20.2 Å². The summed E-state index contributed by atoms with van der Waals surface area (Å²) in [5, 5.41) is 10.4. The van der Waals surface area contributed by atoms with Crippen LogP contribution in [0.4, 0.5) is 8.78 Å². The molecule has 0 radical (unpaired) electrons. The first-order chi connectivity index (χ1) is 8.91. The molecule has 2 aromatic rings. The molecule has 1 unspecified atom stereocenters. The fourth-order valence-corrected chi connectivity index (χ4v) is 2.72. The van der Waals surface area contributed by atoms with Gasteiger partial charge in [0.25, 0.3) is 0 Å². The van der Waals surface area contributed by atoms with Gasteiger partial charge < -0.3 is 5.11 Å². The summed E-state index contributed by atoms with van der Waals surface area (Å²) in [6.45, 7) is 3.45. The number of rotatable bonds is 2. The van der Waals surface area contributed by atoms with Gasteiger partial charge in [-0.05, 0) is 64.7 Å². The smallest absolute Gasteiger partial charge is 0.137 e. The molecular weight excluding hydrogens is 314 g/mol. The highest BCUT2D eigenvalue weighted by Gasteiger charge is 2.20. The van der Waals surface area contributed by atoms with Gasteiger partial charge in [0.15, 0.2) is 0 Å². The fraction of sp³-hybridized carbons (Fsp3) is 0.200. The number of hydrogen-bond acceptors (Lipinski definition) is 1. The summed E-state index contributed by atoms with van der Waals surface area (Å²) in [6.07, 6.45) is -0.995. The van der Waals surface area contributed by atoms with Gasteiger partial charge in [-0.25, -0.2) is 8.78 Å². The second-order valence-corrected chi connectivity index (χ2v) is 5.29. The van der Waals surface area contributed by atoms with Crippen molar-refractivity contribution in [3.05, 3.63) is 68.7 Å². The van der Waals surface area contributed by atoms with Crippen molar-refractivity contribution in [1.82, 2.24) is 0 Å². The highest BCUT2D eigenvalue weighted by molar-refractivity contribution is 9.10. The minimum atomic E-state index is -0.995. The van der Waals surface area contributed by atoms with E-state index < -0.39 is 11.9 Å². The maximum Gasteiger partial charge on any atom is 0.137 e. The van der Waals surface area contributed by atoms with Crippen LogP contribution in [0.5, 0.6) is 0 Å². The van der Waals surface area contributed by atoms with Crippen LogP contribution in [-0.2, 0) is 0 Å². The molecule has 0 amide bonds. The number of hydrogen-bond donors (Lipinski definition) is 1. The van der Waals surface area contributed by atoms with E-state index in [2.05, 4.69) is 15.9 Å². The van der Waals surface area contributed by atoms with Crippen LogP contribution in [0, 0.1) is 25.5 Å². The van der Waals surface area contributed by atoms with Crippen molar-refractivity contribution in [2.75, 3.05) is 0 Å². The van der Waals surface area contributed by atoms with E-state index in [0.29, 0.717) is 22.3 Å². The van der Waals surface area contributed by atoms with Crippen molar-refractivity contribution in [1.29, 1.82) is 0 Å². The van der Waals surface area contributed by atoms with Gasteiger partial charge in [0.2, 0.25) is 0 Å². The molecule has 0 aromatic heterocycles. The molecule has 100 valence electrons. The molecule has 1 atom stereocenters. The minimum absolute atomic E-state index is 0.227. The van der Waals surface area contributed by atoms with Crippen LogP contribution in [-0.4, -0.2) is 5.11 Å². The molecule has 4 heteroatoms. The Morgan fingerprint density at radius 2 is 1.68 bits per heavy atom. The Bertz CT molecular complexity index is 603. The highest BCUT2D eigenvalue weighted by atomic mass is 79.9. The van der Waals surface area contributed by atoms with Gasteiger partial charge in [-0.3, -0.25) is 0 Å². The number of halogens is 3. The van der Waals surface area contributed by atoms with E-state index in [9.17, 15) is 13.9 Å². The molecule has 2 rings (SSSR count). The van der Waals surface area contributed by atoms with Gasteiger partial charge in [0.05, 0.1) is 4.47 Å². The minimum Gasteiger partial charge on any atom is -0.384 e. The summed E-state index contributed by atoms with van der Waals surface area (Å²) in [7, 11) is 0. The number of aliphatic hydroxyl groups is 1. The van der Waals surface area contributed by atoms with Crippen LogP contribution in [0.15, 0.2) is 34.8 Å². The molecule has 0 spiro atoms. The number of aryl methyl sites for hydroxylation is 2. The maximum atomic E-state index is 13.5. The molecule has 1 N–H and O–H groups in total. The van der Waals surface area contributed by atoms with Crippen molar-refractivity contribution < 1.29 is 13.9 Å². The lowest BCUT2D eigenvalue weighted by Crippen LogP contribution is -2.06. The zero-order chi connectivity index (χ0) is 14.2. The molecule has 0 aliphatic carbocycles. The van der Waals surface area contributed by atoms with Crippen molar-refractivity contribution in [2.45, 2.75) is 20.0 Å². The average Bonchev–Trinajstić information content (AvgIpc) is 2.31. The normalized spacial score (nSPS) is 12.5. The van der Waals surface area contributed by atoms with Crippen molar-refractivity contribution in [3.63, 3.8) is 0 Å². The molecule has 0 aliphatic heterocycles. The predicted molar refractivity (Wildman–Crippen MR) is 74.0 cm³/mol. The Kier molecular flexibility index (Phi) is 4.02. The molecular formula is C15H13BrF2O. The SMILES string of the molecule is Cc1cc(F)cc(C)c1C(O)c1cccc(F)c1Br. The van der Waals surface area contributed by atoms with Crippen LogP contribution in [0.25, 0.3) is 0 Å². The van der Waals surface area contributed by atoms with Crippen LogP contribution >= 0.6 is 15.9 Å². The molecule has 0 fully saturated rings. The number of aliphatic hydroxyl groups excluding tert-OH is 1. The summed E-state index contributed by atoms with van der Waals surface area (Å²) in [5.41, 5.74) is 2.31. The second-order valence-electron chi connectivity index (χ2n) is 4.50. The molecule has 1 nitrogen and oxygen atoms in total. The Balaban J connectivity index is 2.56. The zero-order valence-electron chi connectivity index (χ0n) is 10.5. The van der Waals surface area contributed by atoms with Gasteiger partial charge in [0, 0.05) is 5.56 Å². The monoisotopic (exact) mass is 326 g/mol. The van der Waals surface area contributed by atoms with Crippen LogP contribution < -0.4 is 0 Å². The third-order valence-electron chi connectivity index (χ3n) is 3.11. The highest BCUT2D eigenvalue weighted by Crippen LogP contribution is 2.33. The lowest BCUT2D eigenvalue weighted by atomic mass is 9.93. The van der Waals surface area contributed by atoms with E-state index in [0.717, 1.165) is 0 Å². The van der Waals surface area contributed by atoms with Gasteiger partial charge in [-0.1, -0.05) is 12.1 Å². The average molecular weight is 327 g/mol. The summed E-state index contributed by atoms with van der Waals surface area (Å²) in [5.74, 6) is -0.779. The van der Waals surface area contributed by atoms with Crippen molar-refractivity contribution in [2.24, 2.45) is 0 Å². The molecule has 0 heterocycles. The molecule has 0 bridgehead atoms. The van der Waals surface area contributed by atoms with Crippen LogP contribution in [0.2, 0.25) is 0 Å². The Morgan fingerprint density at radius 3 is 2.26 bits per heavy atom. The Labute approximate surface area is 119 Å². The summed E-state index contributed by atoms with van der Waals surface area (Å²) in [6, 6.07) is 7.20. The van der Waals surface area contributed by atoms with Gasteiger partial charge >= 0.3 is 0 Å². The third-order valence-corrected chi connectivity index (χ3v) is 3.94. The Morgan fingerprint density at radius 1 is 1.11 bits per heavy atom. The van der Waals surface area contributed by atoms with Gasteiger partial charge in [0.1, 0.15) is 17.7 Å². The van der Waals surface area contributed by atoms with Crippen LogP contribution in [0.3, 0.4) is 0 Å². The molecule has 19 heavy (non-hydrogen) atoms. The van der Waals surface area contributed by atoms with E-state index in [1.54, 1.807) is 19.9 Å². The number of benzene rings is 2. The van der Waals surface area contributed by atoms with E-state index in [1.165, 1.54) is 24.3 Å². The Hall–Kier alpha value is -1.26. The van der Waals surface area contributed by atoms with E-state index in [4.69, 9.17) is 0 Å². The fourth-order valence-electron chi connectivity index (χ4n) is 2.24. The second kappa shape index (κ2) is 5.39. The quantitative estimate of drug-likeness (QED) is 0.865. The first-order valence-electron chi connectivity index (χ1n) is 5.80. The largest absolute Gasteiger partial charge is 0.384 e. The van der Waals surface area contributed by atoms with Gasteiger partial charge in [-0.2, -0.15) is 0 Å².